The summed E-state index contributed by atoms with van der Waals surface area (Å²) in [5.74, 6) is 0.809. The average molecular weight is 253 g/mol. The Hall–Kier alpha value is -2.31. The number of aliphatic hydroxyl groups excluding tert-OH is 1. The number of rotatable bonds is 4. The number of para-hydroxylation sites is 1. The Morgan fingerprint density at radius 3 is 2.58 bits per heavy atom. The predicted molar refractivity (Wildman–Crippen MR) is 72.5 cm³/mol. The molecule has 1 N–H and O–H groups in total. The van der Waals surface area contributed by atoms with Crippen molar-refractivity contribution >= 4 is 0 Å². The molecule has 0 aromatic heterocycles. The Balaban J connectivity index is 2.17. The molecule has 0 fully saturated rings. The Morgan fingerprint density at radius 1 is 1.16 bits per heavy atom. The van der Waals surface area contributed by atoms with Crippen LogP contribution in [-0.2, 0) is 6.61 Å². The fourth-order valence-electron chi connectivity index (χ4n) is 1.88. The van der Waals surface area contributed by atoms with E-state index < -0.39 is 6.10 Å². The van der Waals surface area contributed by atoms with E-state index >= 15 is 0 Å². The van der Waals surface area contributed by atoms with Crippen LogP contribution in [0, 0.1) is 18.3 Å². The van der Waals surface area contributed by atoms with E-state index in [0.717, 1.165) is 16.9 Å². The van der Waals surface area contributed by atoms with Crippen molar-refractivity contribution in [3.8, 4) is 11.8 Å². The van der Waals surface area contributed by atoms with Gasteiger partial charge in [-0.2, -0.15) is 5.26 Å². The molecule has 2 aromatic rings. The number of benzene rings is 2. The highest BCUT2D eigenvalue weighted by molar-refractivity contribution is 5.34. The fourth-order valence-corrected chi connectivity index (χ4v) is 1.88. The van der Waals surface area contributed by atoms with Crippen molar-refractivity contribution in [3.63, 3.8) is 0 Å². The van der Waals surface area contributed by atoms with Gasteiger partial charge >= 0.3 is 0 Å². The maximum atomic E-state index is 9.65. The summed E-state index contributed by atoms with van der Waals surface area (Å²) in [6.45, 7) is 2.31. The SMILES string of the molecule is Cc1ccccc1OCc1ccccc1C(O)C#N. The molecule has 0 heterocycles. The zero-order valence-corrected chi connectivity index (χ0v) is 10.7. The van der Waals surface area contributed by atoms with Crippen LogP contribution in [0.1, 0.15) is 22.8 Å². The van der Waals surface area contributed by atoms with E-state index in [4.69, 9.17) is 10.00 Å². The highest BCUT2D eigenvalue weighted by Gasteiger charge is 2.11. The molecule has 0 bridgehead atoms. The lowest BCUT2D eigenvalue weighted by molar-refractivity contribution is 0.229. The van der Waals surface area contributed by atoms with Gasteiger partial charge in [0.1, 0.15) is 12.4 Å². The molecule has 3 heteroatoms. The van der Waals surface area contributed by atoms with Gasteiger partial charge in [0, 0.05) is 5.56 Å². The highest BCUT2D eigenvalue weighted by Crippen LogP contribution is 2.21. The van der Waals surface area contributed by atoms with Crippen LogP contribution >= 0.6 is 0 Å². The summed E-state index contributed by atoms with van der Waals surface area (Å²) in [5, 5.41) is 18.4. The zero-order chi connectivity index (χ0) is 13.7. The average Bonchev–Trinajstić information content (AvgIpc) is 2.46. The van der Waals surface area contributed by atoms with E-state index in [1.165, 1.54) is 0 Å². The summed E-state index contributed by atoms with van der Waals surface area (Å²) in [4.78, 5) is 0. The lowest BCUT2D eigenvalue weighted by Crippen LogP contribution is -2.04. The molecule has 0 aliphatic heterocycles. The third-order valence-corrected chi connectivity index (χ3v) is 2.95. The van der Waals surface area contributed by atoms with Crippen molar-refractivity contribution in [1.29, 1.82) is 5.26 Å². The standard InChI is InChI=1S/C16H15NO2/c1-12-6-2-5-9-16(12)19-11-13-7-3-4-8-14(13)15(18)10-17/h2-9,15,18H,11H2,1H3. The van der Waals surface area contributed by atoms with Gasteiger partial charge in [-0.15, -0.1) is 0 Å². The lowest BCUT2D eigenvalue weighted by atomic mass is 10.0. The third-order valence-electron chi connectivity index (χ3n) is 2.95. The number of aryl methyl sites for hydroxylation is 1. The van der Waals surface area contributed by atoms with E-state index in [9.17, 15) is 5.11 Å². The maximum absolute atomic E-state index is 9.65. The molecule has 0 spiro atoms. The van der Waals surface area contributed by atoms with Crippen LogP contribution in [0.25, 0.3) is 0 Å². The first-order valence-electron chi connectivity index (χ1n) is 6.06. The van der Waals surface area contributed by atoms with Crippen LogP contribution in [0.3, 0.4) is 0 Å². The second-order valence-corrected chi connectivity index (χ2v) is 4.28. The van der Waals surface area contributed by atoms with Crippen LogP contribution in [0.2, 0.25) is 0 Å². The molecule has 0 aliphatic carbocycles. The van der Waals surface area contributed by atoms with Gasteiger partial charge in [0.2, 0.25) is 0 Å². The molecule has 0 aliphatic rings. The van der Waals surface area contributed by atoms with Crippen LogP contribution in [0.4, 0.5) is 0 Å². The minimum Gasteiger partial charge on any atom is -0.489 e. The van der Waals surface area contributed by atoms with Gasteiger partial charge in [0.15, 0.2) is 6.10 Å². The van der Waals surface area contributed by atoms with Gasteiger partial charge in [0.05, 0.1) is 6.07 Å². The van der Waals surface area contributed by atoms with E-state index in [2.05, 4.69) is 0 Å². The molecule has 2 rings (SSSR count). The summed E-state index contributed by atoms with van der Waals surface area (Å²) in [5.41, 5.74) is 2.47. The monoisotopic (exact) mass is 253 g/mol. The number of ether oxygens (including phenoxy) is 1. The van der Waals surface area contributed by atoms with Crippen molar-refractivity contribution in [1.82, 2.24) is 0 Å². The van der Waals surface area contributed by atoms with E-state index in [0.29, 0.717) is 12.2 Å². The molecule has 1 unspecified atom stereocenters. The van der Waals surface area contributed by atoms with Gasteiger partial charge in [0.25, 0.3) is 0 Å². The Bertz CT molecular complexity index is 602. The number of hydrogen-bond acceptors (Lipinski definition) is 3. The van der Waals surface area contributed by atoms with Crippen LogP contribution < -0.4 is 4.74 Å². The molecule has 0 saturated carbocycles. The molecular formula is C16H15NO2. The summed E-state index contributed by atoms with van der Waals surface area (Å²) in [6.07, 6.45) is -1.11. The summed E-state index contributed by atoms with van der Waals surface area (Å²) < 4.78 is 5.74. The Morgan fingerprint density at radius 2 is 1.84 bits per heavy atom. The van der Waals surface area contributed by atoms with Crippen molar-refractivity contribution < 1.29 is 9.84 Å². The molecule has 96 valence electrons. The molecule has 0 radical (unpaired) electrons. The van der Waals surface area contributed by atoms with Crippen molar-refractivity contribution in [2.75, 3.05) is 0 Å². The third kappa shape index (κ3) is 3.12. The van der Waals surface area contributed by atoms with Gasteiger partial charge in [-0.25, -0.2) is 0 Å². The largest absolute Gasteiger partial charge is 0.489 e. The van der Waals surface area contributed by atoms with Crippen LogP contribution in [0.5, 0.6) is 5.75 Å². The van der Waals surface area contributed by atoms with E-state index in [1.54, 1.807) is 12.1 Å². The van der Waals surface area contributed by atoms with Gasteiger partial charge in [-0.1, -0.05) is 42.5 Å². The first-order chi connectivity index (χ1) is 9.22. The zero-order valence-electron chi connectivity index (χ0n) is 10.7. The lowest BCUT2D eigenvalue weighted by Gasteiger charge is -2.13. The number of nitrogens with zero attached hydrogens (tertiary/aromatic N) is 1. The second-order valence-electron chi connectivity index (χ2n) is 4.28. The Kier molecular flexibility index (Phi) is 4.17. The summed E-state index contributed by atoms with van der Waals surface area (Å²) in [6, 6.07) is 16.8. The number of hydrogen-bond donors (Lipinski definition) is 1. The first-order valence-corrected chi connectivity index (χ1v) is 6.06. The number of nitriles is 1. The van der Waals surface area contributed by atoms with Crippen molar-refractivity contribution in [2.45, 2.75) is 19.6 Å². The molecule has 3 nitrogen and oxygen atoms in total. The van der Waals surface area contributed by atoms with E-state index in [1.807, 2.05) is 49.4 Å². The van der Waals surface area contributed by atoms with E-state index in [-0.39, 0.29) is 0 Å². The normalized spacial score (nSPS) is 11.6. The molecule has 0 saturated heterocycles. The topological polar surface area (TPSA) is 53.2 Å². The van der Waals surface area contributed by atoms with Crippen LogP contribution in [-0.4, -0.2) is 5.11 Å². The predicted octanol–water partition coefficient (Wildman–Crippen LogP) is 3.13. The highest BCUT2D eigenvalue weighted by atomic mass is 16.5. The maximum Gasteiger partial charge on any atom is 0.166 e. The summed E-state index contributed by atoms with van der Waals surface area (Å²) >= 11 is 0. The smallest absolute Gasteiger partial charge is 0.166 e. The van der Waals surface area contributed by atoms with Gasteiger partial charge < -0.3 is 9.84 Å². The molecule has 19 heavy (non-hydrogen) atoms. The molecule has 2 aromatic carbocycles. The molecule has 1 atom stereocenters. The first kappa shape index (κ1) is 13.1. The quantitative estimate of drug-likeness (QED) is 0.852. The summed E-state index contributed by atoms with van der Waals surface area (Å²) in [7, 11) is 0. The van der Waals surface area contributed by atoms with Crippen molar-refractivity contribution in [3.05, 3.63) is 65.2 Å². The fraction of sp³-hybridized carbons (Fsp3) is 0.188. The van der Waals surface area contributed by atoms with Crippen molar-refractivity contribution in [2.24, 2.45) is 0 Å². The van der Waals surface area contributed by atoms with Gasteiger partial charge in [-0.3, -0.25) is 0 Å². The van der Waals surface area contributed by atoms with Gasteiger partial charge in [-0.05, 0) is 24.1 Å². The number of aliphatic hydroxyl groups is 1. The molecular weight excluding hydrogens is 238 g/mol. The minimum absolute atomic E-state index is 0.333. The second kappa shape index (κ2) is 6.03. The Labute approximate surface area is 112 Å². The van der Waals surface area contributed by atoms with Crippen LogP contribution in [0.15, 0.2) is 48.5 Å². The minimum atomic E-state index is -1.11. The molecule has 0 amide bonds.